The number of hydrogen-bond donors (Lipinski definition) is 0. The van der Waals surface area contributed by atoms with Crippen LogP contribution >= 0.6 is 0 Å². The zero-order valence-electron chi connectivity index (χ0n) is 12.3. The number of esters is 1. The Morgan fingerprint density at radius 1 is 1.14 bits per heavy atom. The number of likely N-dealkylation sites (tertiary alicyclic amines) is 1. The number of benzene rings is 1. The van der Waals surface area contributed by atoms with Gasteiger partial charge in [-0.15, -0.1) is 0 Å². The van der Waals surface area contributed by atoms with E-state index >= 15 is 0 Å². The van der Waals surface area contributed by atoms with Gasteiger partial charge in [-0.2, -0.15) is 0 Å². The fourth-order valence-corrected chi connectivity index (χ4v) is 2.36. The molecule has 1 amide bonds. The summed E-state index contributed by atoms with van der Waals surface area (Å²) in [6, 6.07) is 9.62. The van der Waals surface area contributed by atoms with Gasteiger partial charge in [0.05, 0.1) is 12.5 Å². The molecular weight excluding hydrogens is 270 g/mol. The molecule has 1 aromatic carbocycles. The van der Waals surface area contributed by atoms with Gasteiger partial charge in [0.2, 0.25) is 0 Å². The summed E-state index contributed by atoms with van der Waals surface area (Å²) in [5.41, 5.74) is 0.981. The zero-order chi connectivity index (χ0) is 15.1. The predicted octanol–water partition coefficient (Wildman–Crippen LogP) is 2.60. The van der Waals surface area contributed by atoms with Crippen LogP contribution < -0.4 is 0 Å². The van der Waals surface area contributed by atoms with Gasteiger partial charge in [0.25, 0.3) is 0 Å². The second kappa shape index (κ2) is 7.67. The van der Waals surface area contributed by atoms with Gasteiger partial charge < -0.3 is 14.4 Å². The number of ether oxygens (including phenoxy) is 2. The molecule has 0 aliphatic carbocycles. The van der Waals surface area contributed by atoms with Crippen LogP contribution in [0.25, 0.3) is 0 Å². The maximum atomic E-state index is 12.0. The SMILES string of the molecule is CCOC(=O)N1CCC(C(=O)OCc2ccccc2)CC1. The smallest absolute Gasteiger partial charge is 0.409 e. The van der Waals surface area contributed by atoms with Crippen LogP contribution in [-0.2, 0) is 20.9 Å². The van der Waals surface area contributed by atoms with Crippen LogP contribution in [0.1, 0.15) is 25.3 Å². The predicted molar refractivity (Wildman–Crippen MR) is 77.6 cm³/mol. The standard InChI is InChI=1S/C16H21NO4/c1-2-20-16(19)17-10-8-14(9-11-17)15(18)21-12-13-6-4-3-5-7-13/h3-7,14H,2,8-12H2,1H3. The summed E-state index contributed by atoms with van der Waals surface area (Å²) in [5.74, 6) is -0.304. The van der Waals surface area contributed by atoms with E-state index in [1.165, 1.54) is 0 Å². The molecule has 5 nitrogen and oxygen atoms in total. The minimum atomic E-state index is -0.298. The Morgan fingerprint density at radius 3 is 2.43 bits per heavy atom. The molecule has 0 unspecified atom stereocenters. The first kappa shape index (κ1) is 15.4. The largest absolute Gasteiger partial charge is 0.461 e. The summed E-state index contributed by atoms with van der Waals surface area (Å²) >= 11 is 0. The first-order chi connectivity index (χ1) is 10.2. The van der Waals surface area contributed by atoms with E-state index in [4.69, 9.17) is 9.47 Å². The molecule has 0 N–H and O–H groups in total. The molecule has 0 bridgehead atoms. The molecule has 1 saturated heterocycles. The molecule has 1 aromatic rings. The lowest BCUT2D eigenvalue weighted by atomic mass is 9.97. The van der Waals surface area contributed by atoms with E-state index in [1.54, 1.807) is 11.8 Å². The van der Waals surface area contributed by atoms with E-state index in [1.807, 2.05) is 30.3 Å². The highest BCUT2D eigenvalue weighted by Crippen LogP contribution is 2.19. The summed E-state index contributed by atoms with van der Waals surface area (Å²) in [7, 11) is 0. The van der Waals surface area contributed by atoms with Crippen molar-refractivity contribution in [2.75, 3.05) is 19.7 Å². The van der Waals surface area contributed by atoms with Crippen LogP contribution in [0, 0.1) is 5.92 Å². The molecule has 5 heteroatoms. The third kappa shape index (κ3) is 4.48. The third-order valence-electron chi connectivity index (χ3n) is 3.58. The Balaban J connectivity index is 1.74. The van der Waals surface area contributed by atoms with Crippen molar-refractivity contribution in [3.8, 4) is 0 Å². The Labute approximate surface area is 124 Å². The Kier molecular flexibility index (Phi) is 5.60. The molecule has 0 saturated carbocycles. The van der Waals surface area contributed by atoms with Gasteiger partial charge in [0.1, 0.15) is 6.61 Å². The molecule has 1 fully saturated rings. The fraction of sp³-hybridized carbons (Fsp3) is 0.500. The molecule has 1 aliphatic rings. The summed E-state index contributed by atoms with van der Waals surface area (Å²) in [6.07, 6.45) is 0.965. The Hall–Kier alpha value is -2.04. The average molecular weight is 291 g/mol. The topological polar surface area (TPSA) is 55.8 Å². The van der Waals surface area contributed by atoms with E-state index in [0.717, 1.165) is 5.56 Å². The number of nitrogens with zero attached hydrogens (tertiary/aromatic N) is 1. The van der Waals surface area contributed by atoms with E-state index in [0.29, 0.717) is 39.1 Å². The number of amides is 1. The van der Waals surface area contributed by atoms with Crippen LogP contribution in [0.5, 0.6) is 0 Å². The monoisotopic (exact) mass is 291 g/mol. The molecule has 2 rings (SSSR count). The van der Waals surface area contributed by atoms with Crippen molar-refractivity contribution in [3.05, 3.63) is 35.9 Å². The van der Waals surface area contributed by atoms with Crippen LogP contribution in [-0.4, -0.2) is 36.7 Å². The second-order valence-corrected chi connectivity index (χ2v) is 5.05. The van der Waals surface area contributed by atoms with E-state index < -0.39 is 0 Å². The number of hydrogen-bond acceptors (Lipinski definition) is 4. The van der Waals surface area contributed by atoms with Crippen LogP contribution in [0.15, 0.2) is 30.3 Å². The maximum absolute atomic E-state index is 12.0. The maximum Gasteiger partial charge on any atom is 0.409 e. The molecule has 0 atom stereocenters. The first-order valence-corrected chi connectivity index (χ1v) is 7.33. The minimum absolute atomic E-state index is 0.126. The van der Waals surface area contributed by atoms with Gasteiger partial charge in [0, 0.05) is 13.1 Å². The number of piperidine rings is 1. The van der Waals surface area contributed by atoms with Crippen LogP contribution in [0.4, 0.5) is 4.79 Å². The van der Waals surface area contributed by atoms with E-state index in [2.05, 4.69) is 0 Å². The van der Waals surface area contributed by atoms with Crippen molar-refractivity contribution in [1.82, 2.24) is 4.90 Å². The summed E-state index contributed by atoms with van der Waals surface area (Å²) < 4.78 is 10.3. The average Bonchev–Trinajstić information content (AvgIpc) is 2.54. The van der Waals surface area contributed by atoms with Crippen LogP contribution in [0.3, 0.4) is 0 Å². The molecule has 0 radical (unpaired) electrons. The van der Waals surface area contributed by atoms with Crippen molar-refractivity contribution < 1.29 is 19.1 Å². The molecule has 0 spiro atoms. The molecule has 0 aromatic heterocycles. The third-order valence-corrected chi connectivity index (χ3v) is 3.58. The molecule has 1 aliphatic heterocycles. The lowest BCUT2D eigenvalue weighted by molar-refractivity contribution is -0.151. The van der Waals surface area contributed by atoms with Crippen molar-refractivity contribution in [2.24, 2.45) is 5.92 Å². The Morgan fingerprint density at radius 2 is 1.81 bits per heavy atom. The van der Waals surface area contributed by atoms with E-state index in [-0.39, 0.29) is 18.0 Å². The lowest BCUT2D eigenvalue weighted by Gasteiger charge is -2.30. The van der Waals surface area contributed by atoms with Gasteiger partial charge in [-0.1, -0.05) is 30.3 Å². The first-order valence-electron chi connectivity index (χ1n) is 7.33. The number of rotatable bonds is 4. The molecule has 21 heavy (non-hydrogen) atoms. The van der Waals surface area contributed by atoms with Gasteiger partial charge in [-0.05, 0) is 25.3 Å². The normalized spacial score (nSPS) is 15.6. The second-order valence-electron chi connectivity index (χ2n) is 5.05. The van der Waals surface area contributed by atoms with Crippen molar-refractivity contribution >= 4 is 12.1 Å². The summed E-state index contributed by atoms with van der Waals surface area (Å²) in [4.78, 5) is 25.2. The van der Waals surface area contributed by atoms with Gasteiger partial charge in [-0.25, -0.2) is 4.79 Å². The fourth-order valence-electron chi connectivity index (χ4n) is 2.36. The van der Waals surface area contributed by atoms with Crippen molar-refractivity contribution in [3.63, 3.8) is 0 Å². The van der Waals surface area contributed by atoms with Gasteiger partial charge >= 0.3 is 12.1 Å². The molecule has 1 heterocycles. The highest BCUT2D eigenvalue weighted by atomic mass is 16.6. The molecular formula is C16H21NO4. The summed E-state index contributed by atoms with van der Waals surface area (Å²) in [5, 5.41) is 0. The van der Waals surface area contributed by atoms with Crippen molar-refractivity contribution in [1.29, 1.82) is 0 Å². The van der Waals surface area contributed by atoms with E-state index in [9.17, 15) is 9.59 Å². The van der Waals surface area contributed by atoms with Crippen LogP contribution in [0.2, 0.25) is 0 Å². The molecule has 114 valence electrons. The number of carbonyl (C=O) groups is 2. The lowest BCUT2D eigenvalue weighted by Crippen LogP contribution is -2.40. The number of carbonyl (C=O) groups excluding carboxylic acids is 2. The summed E-state index contributed by atoms with van der Waals surface area (Å²) in [6.45, 7) is 3.55. The Bertz CT molecular complexity index is 466. The van der Waals surface area contributed by atoms with Crippen molar-refractivity contribution in [2.45, 2.75) is 26.4 Å². The quantitative estimate of drug-likeness (QED) is 0.800. The van der Waals surface area contributed by atoms with Gasteiger partial charge in [0.15, 0.2) is 0 Å². The van der Waals surface area contributed by atoms with Gasteiger partial charge in [-0.3, -0.25) is 4.79 Å². The zero-order valence-corrected chi connectivity index (χ0v) is 12.3. The highest BCUT2D eigenvalue weighted by molar-refractivity contribution is 5.73. The minimum Gasteiger partial charge on any atom is -0.461 e. The highest BCUT2D eigenvalue weighted by Gasteiger charge is 2.28.